The minimum atomic E-state index is -0.331. The highest BCUT2D eigenvalue weighted by molar-refractivity contribution is 7.99. The molecule has 0 bridgehead atoms. The Hall–Kier alpha value is -2.62. The van der Waals surface area contributed by atoms with E-state index in [9.17, 15) is 9.59 Å². The van der Waals surface area contributed by atoms with E-state index in [-0.39, 0.29) is 17.2 Å². The molecule has 0 aliphatic carbocycles. The number of nitrogens with one attached hydrogen (secondary N) is 2. The number of hydrogen-bond acceptors (Lipinski definition) is 6. The zero-order chi connectivity index (χ0) is 19.5. The summed E-state index contributed by atoms with van der Waals surface area (Å²) in [6, 6.07) is 12.9. The maximum absolute atomic E-state index is 12.2. The van der Waals surface area contributed by atoms with E-state index >= 15 is 0 Å². The Kier molecular flexibility index (Phi) is 5.47. The minimum Gasteiger partial charge on any atom is -0.351 e. The van der Waals surface area contributed by atoms with Crippen LogP contribution in [0.3, 0.4) is 0 Å². The van der Waals surface area contributed by atoms with Gasteiger partial charge in [0.15, 0.2) is 0 Å². The number of halogens is 1. The molecule has 10 heteroatoms. The van der Waals surface area contributed by atoms with E-state index < -0.39 is 0 Å². The van der Waals surface area contributed by atoms with Crippen LogP contribution in [-0.4, -0.2) is 31.5 Å². The van der Waals surface area contributed by atoms with Gasteiger partial charge in [0, 0.05) is 11.6 Å². The van der Waals surface area contributed by atoms with Crippen LogP contribution in [0.5, 0.6) is 0 Å². The van der Waals surface area contributed by atoms with Gasteiger partial charge in [0.25, 0.3) is 5.56 Å². The van der Waals surface area contributed by atoms with Gasteiger partial charge in [-0.1, -0.05) is 47.6 Å². The quantitative estimate of drug-likeness (QED) is 0.457. The molecule has 0 saturated heterocycles. The highest BCUT2D eigenvalue weighted by Crippen LogP contribution is 2.25. The fourth-order valence-electron chi connectivity index (χ4n) is 2.55. The van der Waals surface area contributed by atoms with Gasteiger partial charge < -0.3 is 5.32 Å². The molecule has 3 heterocycles. The van der Waals surface area contributed by atoms with Gasteiger partial charge in [-0.2, -0.15) is 5.10 Å². The number of carbonyl (C=O) groups is 1. The normalized spacial score (nSPS) is 11.0. The van der Waals surface area contributed by atoms with Crippen LogP contribution in [0.2, 0.25) is 5.02 Å². The molecule has 0 spiro atoms. The van der Waals surface area contributed by atoms with Crippen LogP contribution in [0.15, 0.2) is 57.8 Å². The number of thioether (sulfide) groups is 1. The van der Waals surface area contributed by atoms with E-state index in [0.29, 0.717) is 27.9 Å². The fourth-order valence-corrected chi connectivity index (χ4v) is 4.16. The Morgan fingerprint density at radius 1 is 1.29 bits per heavy atom. The van der Waals surface area contributed by atoms with Crippen molar-refractivity contribution in [3.8, 4) is 10.6 Å². The van der Waals surface area contributed by atoms with Crippen molar-refractivity contribution in [2.24, 2.45) is 0 Å². The molecule has 3 aromatic heterocycles. The van der Waals surface area contributed by atoms with Crippen LogP contribution in [-0.2, 0) is 11.3 Å². The first-order valence-electron chi connectivity index (χ1n) is 8.27. The molecule has 142 valence electrons. The third kappa shape index (κ3) is 3.96. The molecule has 0 fully saturated rings. The third-order valence-electron chi connectivity index (χ3n) is 3.92. The van der Waals surface area contributed by atoms with E-state index in [1.807, 2.05) is 35.7 Å². The maximum Gasteiger partial charge on any atom is 0.290 e. The Morgan fingerprint density at radius 3 is 2.93 bits per heavy atom. The smallest absolute Gasteiger partial charge is 0.290 e. The molecule has 1 amide bonds. The Bertz CT molecular complexity index is 1190. The van der Waals surface area contributed by atoms with Gasteiger partial charge >= 0.3 is 0 Å². The molecule has 0 aliphatic rings. The number of thiophene rings is 1. The minimum absolute atomic E-state index is 0.132. The summed E-state index contributed by atoms with van der Waals surface area (Å²) in [6.45, 7) is 0.345. The average Bonchev–Trinajstić information content (AvgIpc) is 3.37. The van der Waals surface area contributed by atoms with Crippen molar-refractivity contribution in [2.45, 2.75) is 11.7 Å². The zero-order valence-electron chi connectivity index (χ0n) is 14.4. The second-order valence-electron chi connectivity index (χ2n) is 5.80. The number of benzene rings is 1. The van der Waals surface area contributed by atoms with Gasteiger partial charge in [0.1, 0.15) is 11.2 Å². The van der Waals surface area contributed by atoms with Crippen molar-refractivity contribution in [1.29, 1.82) is 0 Å². The summed E-state index contributed by atoms with van der Waals surface area (Å²) in [6.07, 6.45) is 0. The molecule has 0 aliphatic heterocycles. The standard InChI is InChI=1S/C18H14ClN5O2S2/c19-12-5-2-1-4-11(12)9-20-16(25)10-28-18-22-21-17(26)14-8-13(23-24(14)18)15-6-3-7-27-15/h1-8H,9-10H2,(H,20,25)(H,21,26). The van der Waals surface area contributed by atoms with Crippen molar-refractivity contribution in [2.75, 3.05) is 5.75 Å². The highest BCUT2D eigenvalue weighted by atomic mass is 35.5. The van der Waals surface area contributed by atoms with Gasteiger partial charge in [0.2, 0.25) is 11.1 Å². The van der Waals surface area contributed by atoms with Crippen molar-refractivity contribution in [3.63, 3.8) is 0 Å². The van der Waals surface area contributed by atoms with Gasteiger partial charge in [0.05, 0.1) is 10.6 Å². The van der Waals surface area contributed by atoms with Crippen molar-refractivity contribution in [1.82, 2.24) is 25.1 Å². The Balaban J connectivity index is 1.47. The summed E-state index contributed by atoms with van der Waals surface area (Å²) in [5.74, 6) is -0.0380. The number of fused-ring (bicyclic) bond motifs is 1. The molecular weight excluding hydrogens is 418 g/mol. The van der Waals surface area contributed by atoms with Crippen molar-refractivity contribution >= 4 is 46.1 Å². The average molecular weight is 432 g/mol. The molecule has 0 atom stereocenters. The first kappa shape index (κ1) is 18.7. The lowest BCUT2D eigenvalue weighted by Gasteiger charge is -2.07. The topological polar surface area (TPSA) is 92.2 Å². The van der Waals surface area contributed by atoms with E-state index in [4.69, 9.17) is 11.6 Å². The molecule has 2 N–H and O–H groups in total. The van der Waals surface area contributed by atoms with Gasteiger partial charge in [-0.25, -0.2) is 9.61 Å². The molecule has 0 unspecified atom stereocenters. The number of amides is 1. The number of aromatic nitrogens is 4. The molecule has 4 aromatic rings. The first-order valence-corrected chi connectivity index (χ1v) is 10.5. The SMILES string of the molecule is O=C(CSc1n[nH]c(=O)c2cc(-c3cccs3)nn12)NCc1ccccc1Cl. The molecule has 7 nitrogen and oxygen atoms in total. The summed E-state index contributed by atoms with van der Waals surface area (Å²) in [5, 5.41) is 16.8. The van der Waals surface area contributed by atoms with Crippen LogP contribution >= 0.6 is 34.7 Å². The van der Waals surface area contributed by atoms with Crippen LogP contribution < -0.4 is 10.9 Å². The lowest BCUT2D eigenvalue weighted by molar-refractivity contribution is -0.118. The molecule has 4 rings (SSSR count). The molecule has 0 saturated carbocycles. The molecule has 28 heavy (non-hydrogen) atoms. The summed E-state index contributed by atoms with van der Waals surface area (Å²) in [5.41, 5.74) is 1.60. The Morgan fingerprint density at radius 2 is 2.14 bits per heavy atom. The van der Waals surface area contributed by atoms with Gasteiger partial charge in [-0.05, 0) is 29.1 Å². The zero-order valence-corrected chi connectivity index (χ0v) is 16.8. The predicted molar refractivity (Wildman–Crippen MR) is 111 cm³/mol. The first-order chi connectivity index (χ1) is 13.6. The number of rotatable bonds is 6. The Labute approximate surface area is 172 Å². The number of hydrogen-bond donors (Lipinski definition) is 2. The summed E-state index contributed by atoms with van der Waals surface area (Å²) in [4.78, 5) is 25.2. The highest BCUT2D eigenvalue weighted by Gasteiger charge is 2.14. The van der Waals surface area contributed by atoms with Gasteiger partial charge in [-0.3, -0.25) is 9.59 Å². The number of nitrogens with zero attached hydrogens (tertiary/aromatic N) is 3. The summed E-state index contributed by atoms with van der Waals surface area (Å²) in [7, 11) is 0. The van der Waals surface area contributed by atoms with E-state index in [1.165, 1.54) is 27.6 Å². The van der Waals surface area contributed by atoms with Crippen molar-refractivity contribution in [3.05, 3.63) is 68.8 Å². The van der Waals surface area contributed by atoms with Crippen molar-refractivity contribution < 1.29 is 4.79 Å². The van der Waals surface area contributed by atoms with E-state index in [2.05, 4.69) is 20.6 Å². The molecule has 0 radical (unpaired) electrons. The third-order valence-corrected chi connectivity index (χ3v) is 6.11. The van der Waals surface area contributed by atoms with Crippen LogP contribution in [0, 0.1) is 0 Å². The van der Waals surface area contributed by atoms with Crippen LogP contribution in [0.4, 0.5) is 0 Å². The van der Waals surface area contributed by atoms with Crippen LogP contribution in [0.25, 0.3) is 16.1 Å². The number of H-pyrrole nitrogens is 1. The maximum atomic E-state index is 12.2. The molecular formula is C18H14ClN5O2S2. The summed E-state index contributed by atoms with van der Waals surface area (Å²) >= 11 is 8.83. The van der Waals surface area contributed by atoms with E-state index in [1.54, 1.807) is 12.1 Å². The summed E-state index contributed by atoms with van der Waals surface area (Å²) < 4.78 is 1.47. The fraction of sp³-hybridized carbons (Fsp3) is 0.111. The number of aromatic amines is 1. The molecule has 1 aromatic carbocycles. The second-order valence-corrected chi connectivity index (χ2v) is 8.09. The lowest BCUT2D eigenvalue weighted by Crippen LogP contribution is -2.25. The largest absolute Gasteiger partial charge is 0.351 e. The lowest BCUT2D eigenvalue weighted by atomic mass is 10.2. The number of carbonyl (C=O) groups excluding carboxylic acids is 1. The monoisotopic (exact) mass is 431 g/mol. The second kappa shape index (κ2) is 8.17. The predicted octanol–water partition coefficient (Wildman–Crippen LogP) is 3.21. The van der Waals surface area contributed by atoms with Gasteiger partial charge in [-0.15, -0.1) is 16.4 Å². The van der Waals surface area contributed by atoms with Crippen LogP contribution in [0.1, 0.15) is 5.56 Å². The van der Waals surface area contributed by atoms with E-state index in [0.717, 1.165) is 10.4 Å².